The van der Waals surface area contributed by atoms with Gasteiger partial charge in [-0.1, -0.05) is 0 Å². The average Bonchev–Trinajstić information content (AvgIpc) is 2.89. The van der Waals surface area contributed by atoms with Gasteiger partial charge >= 0.3 is 0 Å². The molecule has 0 spiro atoms. The van der Waals surface area contributed by atoms with E-state index in [2.05, 4.69) is 17.9 Å². The maximum Gasteiger partial charge on any atom is 0.261 e. The first-order chi connectivity index (χ1) is 8.24. The van der Waals surface area contributed by atoms with Crippen molar-refractivity contribution in [3.05, 3.63) is 16.3 Å². The van der Waals surface area contributed by atoms with Gasteiger partial charge in [-0.15, -0.1) is 24.0 Å². The smallest absolute Gasteiger partial charge is 0.261 e. The van der Waals surface area contributed by atoms with Crippen molar-refractivity contribution in [3.63, 3.8) is 0 Å². The van der Waals surface area contributed by atoms with Gasteiger partial charge in [-0.2, -0.15) is 0 Å². The van der Waals surface area contributed by atoms with E-state index in [4.69, 9.17) is 4.74 Å². The molecule has 0 radical (unpaired) electrons. The quantitative estimate of drug-likeness (QED) is 0.827. The first-order valence-corrected chi connectivity index (χ1v) is 7.26. The lowest BCUT2D eigenvalue weighted by Gasteiger charge is -2.18. The first-order valence-electron chi connectivity index (χ1n) is 5.94. The van der Waals surface area contributed by atoms with Crippen molar-refractivity contribution >= 4 is 29.9 Å². The zero-order valence-electron chi connectivity index (χ0n) is 9.39. The molecule has 1 saturated carbocycles. The molecular formula is C12H15NO2S2. The van der Waals surface area contributed by atoms with Gasteiger partial charge in [-0.25, -0.2) is 0 Å². The number of hydrogen-bond acceptors (Lipinski definition) is 4. The summed E-state index contributed by atoms with van der Waals surface area (Å²) in [6.07, 6.45) is 3.68. The van der Waals surface area contributed by atoms with Gasteiger partial charge in [-0.3, -0.25) is 4.79 Å². The lowest BCUT2D eigenvalue weighted by Crippen LogP contribution is -2.41. The lowest BCUT2D eigenvalue weighted by atomic mass is 10.1. The molecule has 92 valence electrons. The fourth-order valence-electron chi connectivity index (χ4n) is 2.34. The van der Waals surface area contributed by atoms with E-state index in [1.54, 1.807) is 0 Å². The Balaban J connectivity index is 1.64. The van der Waals surface area contributed by atoms with Crippen molar-refractivity contribution in [1.82, 2.24) is 5.32 Å². The van der Waals surface area contributed by atoms with E-state index in [0.29, 0.717) is 5.92 Å². The highest BCUT2D eigenvalue weighted by Gasteiger charge is 2.41. The Morgan fingerprint density at radius 2 is 2.29 bits per heavy atom. The predicted octanol–water partition coefficient (Wildman–Crippen LogP) is 2.33. The molecular weight excluding hydrogens is 254 g/mol. The molecule has 1 aliphatic heterocycles. The number of carbonyl (C=O) groups excluding carboxylic acids is 1. The summed E-state index contributed by atoms with van der Waals surface area (Å²) in [4.78, 5) is 13.6. The SMILES string of the molecule is O=C(NC1CCOC1C1CC1)c1cc(S)cs1. The molecule has 5 heteroatoms. The highest BCUT2D eigenvalue weighted by atomic mass is 32.1. The number of ether oxygens (including phenoxy) is 1. The van der Waals surface area contributed by atoms with Crippen LogP contribution in [0.4, 0.5) is 0 Å². The molecule has 1 aromatic heterocycles. The van der Waals surface area contributed by atoms with Gasteiger partial charge in [0, 0.05) is 16.9 Å². The predicted molar refractivity (Wildman–Crippen MR) is 69.9 cm³/mol. The minimum Gasteiger partial charge on any atom is -0.376 e. The van der Waals surface area contributed by atoms with Crippen LogP contribution in [0.1, 0.15) is 28.9 Å². The van der Waals surface area contributed by atoms with E-state index in [-0.39, 0.29) is 18.1 Å². The summed E-state index contributed by atoms with van der Waals surface area (Å²) in [5.41, 5.74) is 0. The zero-order chi connectivity index (χ0) is 11.8. The number of carbonyl (C=O) groups is 1. The van der Waals surface area contributed by atoms with Crippen LogP contribution in [0.5, 0.6) is 0 Å². The highest BCUT2D eigenvalue weighted by Crippen LogP contribution is 2.38. The summed E-state index contributed by atoms with van der Waals surface area (Å²) in [7, 11) is 0. The first kappa shape index (κ1) is 11.6. The van der Waals surface area contributed by atoms with Crippen LogP contribution in [0, 0.1) is 5.92 Å². The highest BCUT2D eigenvalue weighted by molar-refractivity contribution is 7.80. The van der Waals surface area contributed by atoms with Crippen LogP contribution in [-0.2, 0) is 4.74 Å². The molecule has 2 unspecified atom stereocenters. The van der Waals surface area contributed by atoms with Crippen LogP contribution in [0.2, 0.25) is 0 Å². The fraction of sp³-hybridized carbons (Fsp3) is 0.583. The van der Waals surface area contributed by atoms with Crippen LogP contribution < -0.4 is 5.32 Å². The average molecular weight is 269 g/mol. The molecule has 0 aromatic carbocycles. The molecule has 2 atom stereocenters. The standard InChI is InChI=1S/C12H15NO2S2/c14-12(10-5-8(16)6-17-10)13-9-3-4-15-11(9)7-1-2-7/h5-7,9,11,16H,1-4H2,(H,13,14). The van der Waals surface area contributed by atoms with E-state index in [1.807, 2.05) is 11.4 Å². The maximum atomic E-state index is 12.0. The number of thiophene rings is 1. The van der Waals surface area contributed by atoms with E-state index in [0.717, 1.165) is 22.8 Å². The number of hydrogen-bond donors (Lipinski definition) is 2. The normalized spacial score (nSPS) is 28.3. The van der Waals surface area contributed by atoms with Crippen molar-refractivity contribution in [3.8, 4) is 0 Å². The Bertz CT molecular complexity index is 428. The van der Waals surface area contributed by atoms with Crippen LogP contribution >= 0.6 is 24.0 Å². The van der Waals surface area contributed by atoms with Gasteiger partial charge in [-0.05, 0) is 31.2 Å². The second kappa shape index (κ2) is 4.63. The number of rotatable bonds is 3. The Morgan fingerprint density at radius 1 is 1.47 bits per heavy atom. The Hall–Kier alpha value is -0.520. The topological polar surface area (TPSA) is 38.3 Å². The third kappa shape index (κ3) is 2.51. The van der Waals surface area contributed by atoms with Gasteiger partial charge < -0.3 is 10.1 Å². The van der Waals surface area contributed by atoms with Crippen molar-refractivity contribution in [2.45, 2.75) is 36.3 Å². The number of amides is 1. The fourth-order valence-corrected chi connectivity index (χ4v) is 3.39. The van der Waals surface area contributed by atoms with E-state index in [1.165, 1.54) is 24.2 Å². The van der Waals surface area contributed by atoms with Crippen molar-refractivity contribution in [2.75, 3.05) is 6.61 Å². The number of nitrogens with one attached hydrogen (secondary N) is 1. The summed E-state index contributed by atoms with van der Waals surface area (Å²) in [5.74, 6) is 0.683. The van der Waals surface area contributed by atoms with Gasteiger partial charge in [0.25, 0.3) is 5.91 Å². The molecule has 0 bridgehead atoms. The minimum atomic E-state index is 0.0106. The molecule has 3 rings (SSSR count). The molecule has 3 nitrogen and oxygen atoms in total. The number of thiol groups is 1. The Morgan fingerprint density at radius 3 is 2.94 bits per heavy atom. The van der Waals surface area contributed by atoms with Crippen molar-refractivity contribution < 1.29 is 9.53 Å². The lowest BCUT2D eigenvalue weighted by molar-refractivity contribution is 0.0731. The minimum absolute atomic E-state index is 0.0106. The molecule has 2 fully saturated rings. The maximum absolute atomic E-state index is 12.0. The molecule has 1 N–H and O–H groups in total. The zero-order valence-corrected chi connectivity index (χ0v) is 11.1. The van der Waals surface area contributed by atoms with E-state index < -0.39 is 0 Å². The molecule has 2 heterocycles. The van der Waals surface area contributed by atoms with Crippen LogP contribution in [0.15, 0.2) is 16.3 Å². The molecule has 2 aliphatic rings. The Kier molecular flexibility index (Phi) is 3.15. The molecule has 1 saturated heterocycles. The molecule has 17 heavy (non-hydrogen) atoms. The molecule has 1 aliphatic carbocycles. The van der Waals surface area contributed by atoms with Gasteiger partial charge in [0.05, 0.1) is 17.0 Å². The third-order valence-corrected chi connectivity index (χ3v) is 4.71. The Labute approximate surface area is 110 Å². The van der Waals surface area contributed by atoms with Crippen molar-refractivity contribution in [1.29, 1.82) is 0 Å². The summed E-state index contributed by atoms with van der Waals surface area (Å²) in [5, 5.41) is 4.97. The van der Waals surface area contributed by atoms with Crippen LogP contribution in [0.3, 0.4) is 0 Å². The van der Waals surface area contributed by atoms with E-state index in [9.17, 15) is 4.79 Å². The summed E-state index contributed by atoms with van der Waals surface area (Å²) in [6.45, 7) is 0.772. The monoisotopic (exact) mass is 269 g/mol. The second-order valence-electron chi connectivity index (χ2n) is 4.71. The third-order valence-electron chi connectivity index (χ3n) is 3.35. The van der Waals surface area contributed by atoms with E-state index >= 15 is 0 Å². The van der Waals surface area contributed by atoms with Gasteiger partial charge in [0.15, 0.2) is 0 Å². The van der Waals surface area contributed by atoms with Gasteiger partial charge in [0.2, 0.25) is 0 Å². The van der Waals surface area contributed by atoms with Crippen molar-refractivity contribution in [2.24, 2.45) is 5.92 Å². The van der Waals surface area contributed by atoms with Crippen LogP contribution in [-0.4, -0.2) is 24.7 Å². The van der Waals surface area contributed by atoms with Gasteiger partial charge in [0.1, 0.15) is 0 Å². The second-order valence-corrected chi connectivity index (χ2v) is 6.14. The summed E-state index contributed by atoms with van der Waals surface area (Å²) in [6, 6.07) is 2.01. The largest absolute Gasteiger partial charge is 0.376 e. The molecule has 1 aromatic rings. The van der Waals surface area contributed by atoms with Crippen LogP contribution in [0.25, 0.3) is 0 Å². The summed E-state index contributed by atoms with van der Waals surface area (Å²) >= 11 is 5.65. The summed E-state index contributed by atoms with van der Waals surface area (Å²) < 4.78 is 5.71. The molecule has 1 amide bonds.